The van der Waals surface area contributed by atoms with Gasteiger partial charge in [0.1, 0.15) is 17.4 Å². The van der Waals surface area contributed by atoms with Crippen LogP contribution in [0.25, 0.3) is 27.7 Å². The molecule has 0 amide bonds. The van der Waals surface area contributed by atoms with E-state index in [9.17, 15) is 8.42 Å². The van der Waals surface area contributed by atoms with E-state index >= 15 is 4.39 Å². The van der Waals surface area contributed by atoms with E-state index in [1.165, 1.54) is 23.3 Å². The average molecular weight is 500 g/mol. The van der Waals surface area contributed by atoms with Crippen LogP contribution in [0.2, 0.25) is 0 Å². The third kappa shape index (κ3) is 3.76. The number of aryl methyl sites for hydroxylation is 1. The molecule has 5 rings (SSSR count). The van der Waals surface area contributed by atoms with E-state index in [4.69, 9.17) is 4.74 Å². The molecule has 35 heavy (non-hydrogen) atoms. The Balaban J connectivity index is 0.00000141. The zero-order valence-corrected chi connectivity index (χ0v) is 22.0. The summed E-state index contributed by atoms with van der Waals surface area (Å²) in [5.41, 5.74) is 2.97. The first-order valence-corrected chi connectivity index (χ1v) is 13.2. The molecule has 0 unspecified atom stereocenters. The van der Waals surface area contributed by atoms with E-state index in [-0.39, 0.29) is 0 Å². The highest BCUT2D eigenvalue weighted by Crippen LogP contribution is 2.45. The van der Waals surface area contributed by atoms with Gasteiger partial charge in [-0.1, -0.05) is 13.8 Å². The van der Waals surface area contributed by atoms with Crippen molar-refractivity contribution in [2.24, 2.45) is 0 Å². The number of hydrogen-bond acceptors (Lipinski definition) is 6. The van der Waals surface area contributed by atoms with Crippen molar-refractivity contribution in [3.05, 3.63) is 53.5 Å². The molecule has 0 fully saturated rings. The van der Waals surface area contributed by atoms with Gasteiger partial charge in [0, 0.05) is 17.6 Å². The van der Waals surface area contributed by atoms with Gasteiger partial charge in [0.05, 0.1) is 35.8 Å². The van der Waals surface area contributed by atoms with Crippen LogP contribution in [0.1, 0.15) is 44.9 Å². The molecule has 0 radical (unpaired) electrons. The second-order valence-corrected chi connectivity index (χ2v) is 10.8. The monoisotopic (exact) mass is 499 g/mol. The first kappa shape index (κ1) is 24.7. The summed E-state index contributed by atoms with van der Waals surface area (Å²) < 4.78 is 48.8. The maximum atomic E-state index is 15.6. The third-order valence-electron chi connectivity index (χ3n) is 6.18. The van der Waals surface area contributed by atoms with Gasteiger partial charge in [-0.25, -0.2) is 16.8 Å². The van der Waals surface area contributed by atoms with E-state index in [0.717, 1.165) is 11.8 Å². The van der Waals surface area contributed by atoms with Crippen molar-refractivity contribution in [1.82, 2.24) is 18.7 Å². The van der Waals surface area contributed by atoms with Crippen molar-refractivity contribution in [2.75, 3.05) is 18.7 Å². The molecule has 2 aromatic carbocycles. The van der Waals surface area contributed by atoms with Gasteiger partial charge in [0.25, 0.3) is 0 Å². The van der Waals surface area contributed by atoms with Crippen molar-refractivity contribution < 1.29 is 17.5 Å². The number of aromatic nitrogens is 4. The number of methoxy groups -OCH3 is 1. The van der Waals surface area contributed by atoms with Crippen molar-refractivity contribution in [2.45, 2.75) is 47.1 Å². The van der Waals surface area contributed by atoms with Crippen LogP contribution >= 0.6 is 0 Å². The lowest BCUT2D eigenvalue weighted by molar-refractivity contribution is 0.415. The largest absolute Gasteiger partial charge is 0.497 e. The molecule has 0 spiro atoms. The molecule has 4 aromatic rings. The molecular formula is C25H30FN5O3S. The maximum Gasteiger partial charge on any atom is 0.236 e. The number of nitrogens with zero attached hydrogens (tertiary/aromatic N) is 4. The van der Waals surface area contributed by atoms with Gasteiger partial charge >= 0.3 is 0 Å². The highest BCUT2D eigenvalue weighted by molar-refractivity contribution is 7.89. The van der Waals surface area contributed by atoms with E-state index in [1.54, 1.807) is 18.2 Å². The Morgan fingerprint density at radius 2 is 1.77 bits per heavy atom. The minimum atomic E-state index is -3.54. The Morgan fingerprint density at radius 1 is 1.09 bits per heavy atom. The van der Waals surface area contributed by atoms with Crippen molar-refractivity contribution >= 4 is 26.6 Å². The van der Waals surface area contributed by atoms with E-state index in [2.05, 4.69) is 15.5 Å². The van der Waals surface area contributed by atoms with Gasteiger partial charge < -0.3 is 10.1 Å². The molecule has 3 heterocycles. The van der Waals surface area contributed by atoms with Crippen molar-refractivity contribution in [3.8, 4) is 22.6 Å². The fourth-order valence-corrected chi connectivity index (χ4v) is 5.43. The van der Waals surface area contributed by atoms with E-state index in [0.29, 0.717) is 50.8 Å². The van der Waals surface area contributed by atoms with Gasteiger partial charge in [-0.05, 0) is 62.6 Å². The summed E-state index contributed by atoms with van der Waals surface area (Å²) in [4.78, 5) is 0. The topological polar surface area (TPSA) is 91.0 Å². The Morgan fingerprint density at radius 3 is 2.40 bits per heavy atom. The molecule has 1 aliphatic rings. The molecule has 10 heteroatoms. The van der Waals surface area contributed by atoms with Gasteiger partial charge in [-0.15, -0.1) is 10.2 Å². The SMILES string of the molecule is CC.COc1cc(-c2cc(F)c3c(c2C)-n2c(C)nnc2C(C)(C)N3)c2ccn(S(C)(=O)=O)c2c1. The molecule has 2 aromatic heterocycles. The summed E-state index contributed by atoms with van der Waals surface area (Å²) in [6, 6.07) is 6.66. The second kappa shape index (κ2) is 8.37. The summed E-state index contributed by atoms with van der Waals surface area (Å²) >= 11 is 0. The van der Waals surface area contributed by atoms with E-state index in [1.807, 2.05) is 46.1 Å². The first-order chi connectivity index (χ1) is 16.4. The van der Waals surface area contributed by atoms with Crippen LogP contribution in [0, 0.1) is 19.7 Å². The van der Waals surface area contributed by atoms with Crippen molar-refractivity contribution in [1.29, 1.82) is 0 Å². The van der Waals surface area contributed by atoms with Crippen LogP contribution in [0.15, 0.2) is 30.5 Å². The highest BCUT2D eigenvalue weighted by atomic mass is 32.2. The van der Waals surface area contributed by atoms with Crippen LogP contribution in [0.3, 0.4) is 0 Å². The molecule has 1 aliphatic heterocycles. The molecule has 8 nitrogen and oxygen atoms in total. The molecule has 0 saturated heterocycles. The first-order valence-electron chi connectivity index (χ1n) is 11.4. The van der Waals surface area contributed by atoms with E-state index < -0.39 is 21.4 Å². The highest BCUT2D eigenvalue weighted by Gasteiger charge is 2.37. The van der Waals surface area contributed by atoms with Gasteiger partial charge in [-0.2, -0.15) is 0 Å². The summed E-state index contributed by atoms with van der Waals surface area (Å²) in [7, 11) is -2.03. The Kier molecular flexibility index (Phi) is 5.91. The third-order valence-corrected chi connectivity index (χ3v) is 7.21. The molecular weight excluding hydrogens is 469 g/mol. The fourth-order valence-electron chi connectivity index (χ4n) is 4.64. The molecule has 0 saturated carbocycles. The number of rotatable bonds is 3. The second-order valence-electron chi connectivity index (χ2n) is 8.89. The normalized spacial score (nSPS) is 14.0. The van der Waals surface area contributed by atoms with Crippen LogP contribution in [0.5, 0.6) is 5.75 Å². The number of ether oxygens (including phenoxy) is 1. The standard InChI is InChI=1S/C23H24FN5O3S.C2H6/c1-12-16(17-9-14(32-5)10-19-15(17)7-8-28(19)33(6,30)31)11-18(24)20-21(12)29-13(2)26-27-22(29)23(3,4)25-20;1-2/h7-11,25H,1-6H3;1-2H3. The number of benzene rings is 2. The summed E-state index contributed by atoms with van der Waals surface area (Å²) in [6.45, 7) is 11.6. The minimum absolute atomic E-state index is 0.379. The number of hydrogen-bond donors (Lipinski definition) is 1. The zero-order valence-electron chi connectivity index (χ0n) is 21.2. The van der Waals surface area contributed by atoms with Crippen LogP contribution in [0.4, 0.5) is 10.1 Å². The number of nitrogens with one attached hydrogen (secondary N) is 1. The van der Waals surface area contributed by atoms with Gasteiger partial charge in [-0.3, -0.25) is 4.57 Å². The maximum absolute atomic E-state index is 15.6. The Hall–Kier alpha value is -3.40. The molecule has 0 aliphatic carbocycles. The summed E-state index contributed by atoms with van der Waals surface area (Å²) in [5.74, 6) is 1.39. The van der Waals surface area contributed by atoms with Crippen LogP contribution in [-0.2, 0) is 15.6 Å². The predicted octanol–water partition coefficient (Wildman–Crippen LogP) is 5.15. The van der Waals surface area contributed by atoms with Crippen LogP contribution < -0.4 is 10.1 Å². The Labute approximate surface area is 204 Å². The smallest absolute Gasteiger partial charge is 0.236 e. The lowest BCUT2D eigenvalue weighted by Gasteiger charge is -2.35. The number of halogens is 1. The molecule has 0 bridgehead atoms. The molecule has 0 atom stereocenters. The summed E-state index contributed by atoms with van der Waals surface area (Å²) in [5, 5.41) is 12.5. The quantitative estimate of drug-likeness (QED) is 0.419. The summed E-state index contributed by atoms with van der Waals surface area (Å²) in [6.07, 6.45) is 2.64. The molecule has 1 N–H and O–H groups in total. The van der Waals surface area contributed by atoms with Crippen molar-refractivity contribution in [3.63, 3.8) is 0 Å². The van der Waals surface area contributed by atoms with Crippen LogP contribution in [-0.4, -0.2) is 40.5 Å². The fraction of sp³-hybridized carbons (Fsp3) is 0.360. The van der Waals surface area contributed by atoms with Gasteiger partial charge in [0.2, 0.25) is 10.0 Å². The Bertz CT molecular complexity index is 1570. The molecule has 186 valence electrons. The van der Waals surface area contributed by atoms with Gasteiger partial charge in [0.15, 0.2) is 5.82 Å². The predicted molar refractivity (Wildman–Crippen MR) is 137 cm³/mol. The zero-order chi connectivity index (χ0) is 25.9. The lowest BCUT2D eigenvalue weighted by atomic mass is 9.92. The lowest BCUT2D eigenvalue weighted by Crippen LogP contribution is -2.37. The number of anilines is 1. The minimum Gasteiger partial charge on any atom is -0.497 e. The average Bonchev–Trinajstić information content (AvgIpc) is 3.41. The number of fused-ring (bicyclic) bond motifs is 4.